The second-order valence-electron chi connectivity index (χ2n) is 8.89. The van der Waals surface area contributed by atoms with E-state index in [0.717, 1.165) is 77.5 Å². The van der Waals surface area contributed by atoms with Crippen molar-refractivity contribution in [2.45, 2.75) is 41.0 Å². The molecule has 0 unspecified atom stereocenters. The van der Waals surface area contributed by atoms with E-state index in [4.69, 9.17) is 9.47 Å². The monoisotopic (exact) mass is 453 g/mol. The van der Waals surface area contributed by atoms with Crippen molar-refractivity contribution in [2.75, 3.05) is 59.0 Å². The van der Waals surface area contributed by atoms with Crippen molar-refractivity contribution in [3.63, 3.8) is 0 Å². The summed E-state index contributed by atoms with van der Waals surface area (Å²) in [6, 6.07) is 11.8. The number of fused-ring (bicyclic) bond motifs is 3. The van der Waals surface area contributed by atoms with E-state index in [1.165, 1.54) is 13.0 Å². The van der Waals surface area contributed by atoms with Crippen molar-refractivity contribution < 1.29 is 18.8 Å². The van der Waals surface area contributed by atoms with Gasteiger partial charge in [0.15, 0.2) is 5.78 Å². The first kappa shape index (κ1) is 25.3. The summed E-state index contributed by atoms with van der Waals surface area (Å²) >= 11 is 0. The van der Waals surface area contributed by atoms with Gasteiger partial charge in [0.25, 0.3) is 0 Å². The number of hydrogen-bond acceptors (Lipinski definition) is 4. The fraction of sp³-hybridized carbons (Fsp3) is 0.536. The zero-order chi connectivity index (χ0) is 23.8. The van der Waals surface area contributed by atoms with Crippen LogP contribution in [0.4, 0.5) is 0 Å². The lowest BCUT2D eigenvalue weighted by atomic mass is 10.1. The second kappa shape index (κ2) is 11.7. The Morgan fingerprint density at radius 2 is 1.27 bits per heavy atom. The number of carbonyl (C=O) groups is 1. The highest BCUT2D eigenvalue weighted by atomic mass is 16.5. The summed E-state index contributed by atoms with van der Waals surface area (Å²) in [5.74, 6) is 1.58. The van der Waals surface area contributed by atoms with Gasteiger partial charge in [-0.3, -0.25) is 4.79 Å². The fourth-order valence-corrected chi connectivity index (χ4v) is 4.85. The number of quaternary nitrogens is 1. The van der Waals surface area contributed by atoms with Gasteiger partial charge in [0, 0.05) is 17.7 Å². The van der Waals surface area contributed by atoms with Gasteiger partial charge in [-0.15, -0.1) is 0 Å². The topological polar surface area (TPSA) is 38.8 Å². The van der Waals surface area contributed by atoms with Crippen LogP contribution in [0.3, 0.4) is 0 Å². The van der Waals surface area contributed by atoms with E-state index >= 15 is 0 Å². The van der Waals surface area contributed by atoms with E-state index in [0.29, 0.717) is 13.2 Å². The third-order valence-electron chi connectivity index (χ3n) is 7.21. The van der Waals surface area contributed by atoms with E-state index < -0.39 is 0 Å². The molecule has 5 heteroatoms. The number of ketones is 1. The predicted molar refractivity (Wildman–Crippen MR) is 135 cm³/mol. The van der Waals surface area contributed by atoms with Crippen LogP contribution in [-0.2, 0) is 0 Å². The summed E-state index contributed by atoms with van der Waals surface area (Å²) in [7, 11) is 0. The molecule has 0 fully saturated rings. The van der Waals surface area contributed by atoms with Crippen LogP contribution >= 0.6 is 0 Å². The summed E-state index contributed by atoms with van der Waals surface area (Å²) in [6.45, 7) is 19.6. The molecular formula is C28H41N2O3+. The molecule has 1 aliphatic carbocycles. The summed E-state index contributed by atoms with van der Waals surface area (Å²) in [5.41, 5.74) is 3.41. The highest BCUT2D eigenvalue weighted by Crippen LogP contribution is 2.39. The normalized spacial score (nSPS) is 12.7. The quantitative estimate of drug-likeness (QED) is 0.312. The molecule has 180 valence electrons. The first-order chi connectivity index (χ1) is 16.0. The Hall–Kier alpha value is -2.37. The van der Waals surface area contributed by atoms with E-state index in [1.54, 1.807) is 0 Å². The smallest absolute Gasteiger partial charge is 0.194 e. The SMILES string of the molecule is CCC[N+](CC)(CC)CCOc1ccc2c(c1)C(=O)c1cc(OCCN(CC)CC)ccc1-2. The zero-order valence-corrected chi connectivity index (χ0v) is 21.2. The van der Waals surface area contributed by atoms with Gasteiger partial charge in [-0.1, -0.05) is 20.8 Å². The van der Waals surface area contributed by atoms with Gasteiger partial charge in [-0.25, -0.2) is 0 Å². The molecule has 0 radical (unpaired) electrons. The summed E-state index contributed by atoms with van der Waals surface area (Å²) in [5, 5.41) is 0. The van der Waals surface area contributed by atoms with Crippen molar-refractivity contribution >= 4 is 5.78 Å². The molecule has 0 saturated carbocycles. The van der Waals surface area contributed by atoms with Crippen LogP contribution in [0.2, 0.25) is 0 Å². The number of nitrogens with zero attached hydrogens (tertiary/aromatic N) is 2. The lowest BCUT2D eigenvalue weighted by Gasteiger charge is -2.36. The van der Waals surface area contributed by atoms with Crippen LogP contribution < -0.4 is 9.47 Å². The highest BCUT2D eigenvalue weighted by molar-refractivity contribution is 6.22. The van der Waals surface area contributed by atoms with Gasteiger partial charge in [0.05, 0.1) is 19.6 Å². The third-order valence-corrected chi connectivity index (χ3v) is 7.21. The summed E-state index contributed by atoms with van der Waals surface area (Å²) in [4.78, 5) is 15.5. The average Bonchev–Trinajstić information content (AvgIpc) is 3.12. The standard InChI is InChI=1S/C28H41N2O3/c1-6-16-30(9-4,10-5)17-19-33-23-12-14-25-24-13-11-22(32-18-15-29(7-2)8-3)20-26(24)28(31)27(25)21-23/h11-14,20-21H,6-10,15-19H2,1-5H3/q+1. The Morgan fingerprint density at radius 3 is 1.76 bits per heavy atom. The molecule has 1 aliphatic rings. The van der Waals surface area contributed by atoms with Crippen LogP contribution in [0, 0.1) is 0 Å². The minimum atomic E-state index is 0.0536. The molecule has 0 atom stereocenters. The molecule has 0 aliphatic heterocycles. The van der Waals surface area contributed by atoms with Crippen LogP contribution in [0.1, 0.15) is 57.0 Å². The Kier molecular flexibility index (Phi) is 8.93. The molecule has 2 aromatic rings. The van der Waals surface area contributed by atoms with Gasteiger partial charge in [0.2, 0.25) is 0 Å². The van der Waals surface area contributed by atoms with Gasteiger partial charge >= 0.3 is 0 Å². The lowest BCUT2D eigenvalue weighted by molar-refractivity contribution is -0.924. The molecule has 0 spiro atoms. The maximum Gasteiger partial charge on any atom is 0.194 e. The largest absolute Gasteiger partial charge is 0.492 e. The molecular weight excluding hydrogens is 412 g/mol. The van der Waals surface area contributed by atoms with Crippen molar-refractivity contribution in [3.05, 3.63) is 47.5 Å². The Morgan fingerprint density at radius 1 is 0.727 bits per heavy atom. The van der Waals surface area contributed by atoms with Crippen molar-refractivity contribution in [3.8, 4) is 22.6 Å². The molecule has 0 bridgehead atoms. The highest BCUT2D eigenvalue weighted by Gasteiger charge is 2.28. The van der Waals surface area contributed by atoms with Gasteiger partial charge in [-0.05, 0) is 80.9 Å². The number of rotatable bonds is 14. The number of carbonyl (C=O) groups excluding carboxylic acids is 1. The average molecular weight is 454 g/mol. The van der Waals surface area contributed by atoms with Crippen molar-refractivity contribution in [1.29, 1.82) is 0 Å². The molecule has 0 amide bonds. The Labute approximate surface area is 199 Å². The molecule has 0 heterocycles. The van der Waals surface area contributed by atoms with E-state index in [2.05, 4.69) is 39.5 Å². The fourth-order valence-electron chi connectivity index (χ4n) is 4.85. The Bertz CT molecular complexity index is 933. The van der Waals surface area contributed by atoms with Gasteiger partial charge in [0.1, 0.15) is 31.3 Å². The van der Waals surface area contributed by atoms with Gasteiger partial charge in [-0.2, -0.15) is 0 Å². The first-order valence-corrected chi connectivity index (χ1v) is 12.7. The summed E-state index contributed by atoms with van der Waals surface area (Å²) < 4.78 is 13.1. The number of ether oxygens (including phenoxy) is 2. The van der Waals surface area contributed by atoms with Crippen LogP contribution in [0.5, 0.6) is 11.5 Å². The first-order valence-electron chi connectivity index (χ1n) is 12.7. The lowest BCUT2D eigenvalue weighted by Crippen LogP contribution is -2.50. The number of likely N-dealkylation sites (N-methyl/N-ethyl adjacent to an activating group) is 2. The maximum atomic E-state index is 13.2. The molecule has 2 aromatic carbocycles. The second-order valence-corrected chi connectivity index (χ2v) is 8.89. The maximum absolute atomic E-state index is 13.2. The number of hydrogen-bond donors (Lipinski definition) is 0. The van der Waals surface area contributed by atoms with Crippen LogP contribution in [0.25, 0.3) is 11.1 Å². The van der Waals surface area contributed by atoms with Crippen LogP contribution in [-0.4, -0.2) is 74.2 Å². The summed E-state index contributed by atoms with van der Waals surface area (Å²) in [6.07, 6.45) is 1.18. The molecule has 3 rings (SSSR count). The minimum Gasteiger partial charge on any atom is -0.492 e. The molecule has 0 saturated heterocycles. The Balaban J connectivity index is 1.65. The predicted octanol–water partition coefficient (Wildman–Crippen LogP) is 5.26. The molecule has 0 N–H and O–H groups in total. The molecule has 33 heavy (non-hydrogen) atoms. The van der Waals surface area contributed by atoms with E-state index in [-0.39, 0.29) is 5.78 Å². The third kappa shape index (κ3) is 5.77. The molecule has 5 nitrogen and oxygen atoms in total. The number of benzene rings is 2. The van der Waals surface area contributed by atoms with E-state index in [9.17, 15) is 4.79 Å². The van der Waals surface area contributed by atoms with E-state index in [1.807, 2.05) is 36.4 Å². The zero-order valence-electron chi connectivity index (χ0n) is 21.2. The van der Waals surface area contributed by atoms with Crippen molar-refractivity contribution in [1.82, 2.24) is 4.90 Å². The minimum absolute atomic E-state index is 0.0536. The van der Waals surface area contributed by atoms with Crippen molar-refractivity contribution in [2.24, 2.45) is 0 Å². The van der Waals surface area contributed by atoms with Crippen LogP contribution in [0.15, 0.2) is 36.4 Å². The van der Waals surface area contributed by atoms with Gasteiger partial charge < -0.3 is 18.9 Å². The molecule has 0 aromatic heterocycles.